The zero-order valence-electron chi connectivity index (χ0n) is 10.2. The van der Waals surface area contributed by atoms with Gasteiger partial charge < -0.3 is 9.84 Å². The van der Waals surface area contributed by atoms with E-state index in [2.05, 4.69) is 0 Å². The van der Waals surface area contributed by atoms with Crippen molar-refractivity contribution in [3.05, 3.63) is 28.8 Å². The molecule has 1 aromatic carbocycles. The predicted molar refractivity (Wildman–Crippen MR) is 68.5 cm³/mol. The van der Waals surface area contributed by atoms with E-state index in [4.69, 9.17) is 16.3 Å². The third-order valence-corrected chi connectivity index (χ3v) is 5.53. The number of benzene rings is 1. The molecule has 4 nitrogen and oxygen atoms in total. The molecule has 0 aliphatic carbocycles. The van der Waals surface area contributed by atoms with Gasteiger partial charge in [0.05, 0.1) is 28.7 Å². The van der Waals surface area contributed by atoms with Crippen molar-refractivity contribution < 1.29 is 18.3 Å². The molecule has 6 heteroatoms. The van der Waals surface area contributed by atoms with Crippen LogP contribution in [0.4, 0.5) is 0 Å². The Hall–Kier alpha value is -0.620. The largest absolute Gasteiger partial charge is 0.386 e. The van der Waals surface area contributed by atoms with E-state index < -0.39 is 20.7 Å². The lowest BCUT2D eigenvalue weighted by Gasteiger charge is -2.26. The molecule has 0 atom stereocenters. The van der Waals surface area contributed by atoms with Crippen LogP contribution in [0, 0.1) is 0 Å². The average molecular weight is 291 g/mol. The van der Waals surface area contributed by atoms with Gasteiger partial charge in [0.2, 0.25) is 0 Å². The van der Waals surface area contributed by atoms with Gasteiger partial charge in [-0.05, 0) is 31.5 Å². The van der Waals surface area contributed by atoms with E-state index in [0.29, 0.717) is 5.56 Å². The van der Waals surface area contributed by atoms with E-state index in [-0.39, 0.29) is 23.1 Å². The predicted octanol–water partition coefficient (Wildman–Crippen LogP) is 1.74. The fourth-order valence-electron chi connectivity index (χ4n) is 1.68. The maximum absolute atomic E-state index is 12.2. The molecule has 1 aliphatic heterocycles. The fourth-order valence-corrected chi connectivity index (χ4v) is 3.69. The van der Waals surface area contributed by atoms with Gasteiger partial charge in [0.1, 0.15) is 5.25 Å². The monoisotopic (exact) mass is 290 g/mol. The second kappa shape index (κ2) is 4.49. The molecule has 0 unspecified atom stereocenters. The summed E-state index contributed by atoms with van der Waals surface area (Å²) >= 11 is 6.01. The minimum Gasteiger partial charge on any atom is -0.386 e. The molecule has 0 spiro atoms. The molecule has 0 amide bonds. The summed E-state index contributed by atoms with van der Waals surface area (Å²) in [6.45, 7) is 3.66. The highest BCUT2D eigenvalue weighted by Crippen LogP contribution is 2.31. The van der Waals surface area contributed by atoms with Crippen molar-refractivity contribution in [3.63, 3.8) is 0 Å². The van der Waals surface area contributed by atoms with Crippen LogP contribution in [0.25, 0.3) is 0 Å². The van der Waals surface area contributed by atoms with E-state index in [1.807, 2.05) is 0 Å². The Morgan fingerprint density at radius 3 is 2.39 bits per heavy atom. The summed E-state index contributed by atoms with van der Waals surface area (Å²) in [5, 5.41) is 9.47. The second-order valence-corrected chi connectivity index (χ2v) is 7.51. The number of hydrogen-bond donors (Lipinski definition) is 1. The highest BCUT2D eigenvalue weighted by molar-refractivity contribution is 7.92. The highest BCUT2D eigenvalue weighted by Gasteiger charge is 2.35. The van der Waals surface area contributed by atoms with Crippen LogP contribution in [0.15, 0.2) is 23.1 Å². The molecule has 1 aliphatic rings. The molecule has 2 rings (SSSR count). The molecule has 1 aromatic rings. The van der Waals surface area contributed by atoms with Gasteiger partial charge in [0, 0.05) is 0 Å². The lowest BCUT2D eigenvalue weighted by molar-refractivity contribution is 0.0416. The van der Waals surface area contributed by atoms with Crippen LogP contribution in [-0.2, 0) is 20.2 Å². The van der Waals surface area contributed by atoms with Gasteiger partial charge in [-0.1, -0.05) is 17.7 Å². The van der Waals surface area contributed by atoms with Crippen LogP contribution >= 0.6 is 11.6 Å². The Kier molecular flexibility index (Phi) is 3.44. The normalized spacial score (nSPS) is 17.6. The first-order chi connectivity index (χ1) is 8.23. The van der Waals surface area contributed by atoms with Crippen LogP contribution in [0.3, 0.4) is 0 Å². The van der Waals surface area contributed by atoms with Crippen molar-refractivity contribution in [2.45, 2.75) is 29.6 Å². The molecule has 1 saturated heterocycles. The molecule has 1 fully saturated rings. The molecular formula is C12H15ClO4S. The van der Waals surface area contributed by atoms with Crippen LogP contribution in [-0.4, -0.2) is 32.0 Å². The van der Waals surface area contributed by atoms with Gasteiger partial charge in [0.15, 0.2) is 9.84 Å². The summed E-state index contributed by atoms with van der Waals surface area (Å²) in [5.74, 6) is 0. The van der Waals surface area contributed by atoms with Crippen LogP contribution in [0.5, 0.6) is 0 Å². The van der Waals surface area contributed by atoms with Crippen LogP contribution in [0.2, 0.25) is 5.02 Å². The molecule has 1 heterocycles. The average Bonchev–Trinajstić information content (AvgIpc) is 2.11. The molecule has 1 N–H and O–H groups in total. The first kappa shape index (κ1) is 13.8. The van der Waals surface area contributed by atoms with E-state index in [9.17, 15) is 13.5 Å². The fraction of sp³-hybridized carbons (Fsp3) is 0.500. The highest BCUT2D eigenvalue weighted by atomic mass is 35.5. The number of rotatable bonds is 3. The van der Waals surface area contributed by atoms with Gasteiger partial charge in [-0.2, -0.15) is 0 Å². The topological polar surface area (TPSA) is 63.6 Å². The summed E-state index contributed by atoms with van der Waals surface area (Å²) in [4.78, 5) is 0.102. The van der Waals surface area contributed by atoms with Gasteiger partial charge in [-0.3, -0.25) is 0 Å². The summed E-state index contributed by atoms with van der Waals surface area (Å²) < 4.78 is 29.2. The molecule has 0 saturated carbocycles. The Morgan fingerprint density at radius 1 is 1.39 bits per heavy atom. The van der Waals surface area contributed by atoms with Crippen molar-refractivity contribution in [1.29, 1.82) is 0 Å². The number of hydrogen-bond acceptors (Lipinski definition) is 4. The molecular weight excluding hydrogens is 276 g/mol. The zero-order chi connectivity index (χ0) is 13.6. The third-order valence-electron chi connectivity index (χ3n) is 2.99. The number of ether oxygens (including phenoxy) is 1. The van der Waals surface area contributed by atoms with Crippen molar-refractivity contribution in [2.75, 3.05) is 13.2 Å². The lowest BCUT2D eigenvalue weighted by Crippen LogP contribution is -2.40. The third kappa shape index (κ3) is 2.40. The van der Waals surface area contributed by atoms with E-state index in [1.165, 1.54) is 12.1 Å². The van der Waals surface area contributed by atoms with E-state index >= 15 is 0 Å². The smallest absolute Gasteiger partial charge is 0.187 e. The minimum atomic E-state index is -3.43. The summed E-state index contributed by atoms with van der Waals surface area (Å²) in [6.07, 6.45) is 0. The molecule has 0 bridgehead atoms. The number of halogens is 1. The second-order valence-electron chi connectivity index (χ2n) is 4.91. The Morgan fingerprint density at radius 2 is 2.00 bits per heavy atom. The summed E-state index contributed by atoms with van der Waals surface area (Å²) in [6, 6.07) is 4.52. The van der Waals surface area contributed by atoms with Crippen molar-refractivity contribution in [3.8, 4) is 0 Å². The first-order valence-corrected chi connectivity index (χ1v) is 7.49. The Balaban J connectivity index is 2.42. The maximum Gasteiger partial charge on any atom is 0.187 e. The van der Waals surface area contributed by atoms with Crippen LogP contribution < -0.4 is 0 Å². The molecule has 0 radical (unpaired) electrons. The summed E-state index contributed by atoms with van der Waals surface area (Å²) in [7, 11) is -3.43. The van der Waals surface area contributed by atoms with Gasteiger partial charge in [-0.25, -0.2) is 8.42 Å². The Labute approximate surface area is 111 Å². The zero-order valence-corrected chi connectivity index (χ0v) is 11.8. The standard InChI is InChI=1S/C12H15ClO4S/c1-12(2,14)8-3-4-11(10(13)5-8)18(15,16)9-6-17-7-9/h3-5,9,14H,6-7H2,1-2H3. The molecule has 0 aromatic heterocycles. The SMILES string of the molecule is CC(C)(O)c1ccc(S(=O)(=O)C2COC2)c(Cl)c1. The van der Waals surface area contributed by atoms with Crippen molar-refractivity contribution >= 4 is 21.4 Å². The lowest BCUT2D eigenvalue weighted by atomic mass is 9.99. The minimum absolute atomic E-state index is 0.102. The molecule has 100 valence electrons. The summed E-state index contributed by atoms with van der Waals surface area (Å²) in [5.41, 5.74) is -0.470. The Bertz CT molecular complexity index is 556. The van der Waals surface area contributed by atoms with Crippen LogP contribution in [0.1, 0.15) is 19.4 Å². The molecule has 18 heavy (non-hydrogen) atoms. The first-order valence-electron chi connectivity index (χ1n) is 5.57. The quantitative estimate of drug-likeness (QED) is 0.921. The van der Waals surface area contributed by atoms with Gasteiger partial charge >= 0.3 is 0 Å². The number of aliphatic hydroxyl groups is 1. The maximum atomic E-state index is 12.2. The number of sulfone groups is 1. The van der Waals surface area contributed by atoms with Gasteiger partial charge in [-0.15, -0.1) is 0 Å². The van der Waals surface area contributed by atoms with Crippen molar-refractivity contribution in [1.82, 2.24) is 0 Å². The van der Waals surface area contributed by atoms with E-state index in [0.717, 1.165) is 0 Å². The van der Waals surface area contributed by atoms with Crippen molar-refractivity contribution in [2.24, 2.45) is 0 Å². The van der Waals surface area contributed by atoms with E-state index in [1.54, 1.807) is 19.9 Å². The van der Waals surface area contributed by atoms with Gasteiger partial charge in [0.25, 0.3) is 0 Å².